The second-order valence-corrected chi connectivity index (χ2v) is 3.99. The monoisotopic (exact) mass is 225 g/mol. The van der Waals surface area contributed by atoms with Gasteiger partial charge in [-0.3, -0.25) is 4.79 Å². The molecule has 0 saturated carbocycles. The Labute approximate surface area is 96.3 Å². The van der Waals surface area contributed by atoms with Crippen molar-refractivity contribution in [3.63, 3.8) is 0 Å². The van der Waals surface area contributed by atoms with Gasteiger partial charge < -0.3 is 5.73 Å². The van der Waals surface area contributed by atoms with Crippen molar-refractivity contribution in [1.29, 1.82) is 0 Å². The minimum absolute atomic E-state index is 0. The number of carbonyl (C=O) groups excluding carboxylic acids is 1. The highest BCUT2D eigenvalue weighted by Gasteiger charge is 2.15. The van der Waals surface area contributed by atoms with Gasteiger partial charge in [-0.05, 0) is 43.4 Å². The number of ketones is 1. The van der Waals surface area contributed by atoms with Gasteiger partial charge in [-0.15, -0.1) is 12.4 Å². The Bertz CT molecular complexity index is 374. The van der Waals surface area contributed by atoms with Crippen LogP contribution in [0.3, 0.4) is 0 Å². The average molecular weight is 226 g/mol. The van der Waals surface area contributed by atoms with E-state index in [0.29, 0.717) is 0 Å². The summed E-state index contributed by atoms with van der Waals surface area (Å²) in [6, 6.07) is 5.58. The van der Waals surface area contributed by atoms with E-state index in [9.17, 15) is 4.79 Å². The predicted octanol–water partition coefficient (Wildman–Crippen LogP) is 2.13. The van der Waals surface area contributed by atoms with Crippen LogP contribution in [-0.4, -0.2) is 11.8 Å². The van der Waals surface area contributed by atoms with E-state index in [1.807, 2.05) is 12.1 Å². The van der Waals surface area contributed by atoms with Crippen molar-refractivity contribution in [3.05, 3.63) is 34.9 Å². The fourth-order valence-corrected chi connectivity index (χ4v) is 1.99. The molecule has 1 atom stereocenters. The fourth-order valence-electron chi connectivity index (χ4n) is 1.99. The Kier molecular flexibility index (Phi) is 3.89. The molecule has 0 fully saturated rings. The van der Waals surface area contributed by atoms with E-state index in [1.165, 1.54) is 17.5 Å². The number of rotatable bonds is 2. The maximum absolute atomic E-state index is 11.6. The lowest BCUT2D eigenvalue weighted by Crippen LogP contribution is -2.26. The highest BCUT2D eigenvalue weighted by molar-refractivity contribution is 5.99. The molecule has 2 nitrogen and oxygen atoms in total. The van der Waals surface area contributed by atoms with Crippen molar-refractivity contribution in [2.75, 3.05) is 0 Å². The number of hydrogen-bond donors (Lipinski definition) is 1. The molecule has 0 heterocycles. The molecule has 0 aromatic heterocycles. The minimum Gasteiger partial charge on any atom is -0.321 e. The zero-order valence-electron chi connectivity index (χ0n) is 8.82. The highest BCUT2D eigenvalue weighted by Crippen LogP contribution is 2.23. The van der Waals surface area contributed by atoms with Gasteiger partial charge in [-0.1, -0.05) is 12.1 Å². The topological polar surface area (TPSA) is 43.1 Å². The van der Waals surface area contributed by atoms with Gasteiger partial charge in [-0.2, -0.15) is 0 Å². The predicted molar refractivity (Wildman–Crippen MR) is 63.7 cm³/mol. The number of halogens is 1. The molecule has 0 aliphatic heterocycles. The van der Waals surface area contributed by atoms with E-state index in [1.54, 1.807) is 6.92 Å². The highest BCUT2D eigenvalue weighted by atomic mass is 35.5. The largest absolute Gasteiger partial charge is 0.321 e. The molecular formula is C12H16ClNO. The lowest BCUT2D eigenvalue weighted by molar-refractivity contribution is 0.0968. The van der Waals surface area contributed by atoms with E-state index >= 15 is 0 Å². The first kappa shape index (κ1) is 12.2. The molecule has 1 aromatic rings. The molecule has 1 aliphatic rings. The summed E-state index contributed by atoms with van der Waals surface area (Å²) in [4.78, 5) is 11.6. The summed E-state index contributed by atoms with van der Waals surface area (Å²) in [7, 11) is 0. The number of fused-ring (bicyclic) bond motifs is 1. The smallest absolute Gasteiger partial charge is 0.179 e. The maximum Gasteiger partial charge on any atom is 0.179 e. The lowest BCUT2D eigenvalue weighted by atomic mass is 10.0. The van der Waals surface area contributed by atoms with Gasteiger partial charge in [-0.25, -0.2) is 0 Å². The van der Waals surface area contributed by atoms with Crippen molar-refractivity contribution in [3.8, 4) is 0 Å². The Hall–Kier alpha value is -0.860. The first-order valence-corrected chi connectivity index (χ1v) is 5.10. The molecule has 0 amide bonds. The standard InChI is InChI=1S/C12H15NO.ClH/c1-8(13)12(14)11-6-5-9-3-2-4-10(9)7-11;/h5-8H,2-4,13H2,1H3;1H. The molecule has 0 bridgehead atoms. The van der Waals surface area contributed by atoms with Crippen LogP contribution >= 0.6 is 12.4 Å². The van der Waals surface area contributed by atoms with Crippen molar-refractivity contribution < 1.29 is 4.79 Å². The molecule has 15 heavy (non-hydrogen) atoms. The molecule has 0 saturated heterocycles. The molecule has 82 valence electrons. The SMILES string of the molecule is CC(N)C(=O)c1ccc2c(c1)CCC2.Cl. The maximum atomic E-state index is 11.6. The summed E-state index contributed by atoms with van der Waals surface area (Å²) in [6.45, 7) is 1.73. The van der Waals surface area contributed by atoms with Crippen molar-refractivity contribution in [2.45, 2.75) is 32.2 Å². The molecule has 2 rings (SSSR count). The fraction of sp³-hybridized carbons (Fsp3) is 0.417. The van der Waals surface area contributed by atoms with Crippen LogP contribution in [0.5, 0.6) is 0 Å². The van der Waals surface area contributed by atoms with Gasteiger partial charge in [0.05, 0.1) is 6.04 Å². The number of carbonyl (C=O) groups is 1. The molecule has 3 heteroatoms. The molecule has 0 radical (unpaired) electrons. The van der Waals surface area contributed by atoms with Crippen LogP contribution in [0.25, 0.3) is 0 Å². The number of Topliss-reactive ketones (excluding diaryl/α,β-unsaturated/α-hetero) is 1. The van der Waals surface area contributed by atoms with Crippen molar-refractivity contribution in [2.24, 2.45) is 5.73 Å². The zero-order chi connectivity index (χ0) is 10.1. The molecule has 1 aliphatic carbocycles. The normalized spacial score (nSPS) is 15.3. The van der Waals surface area contributed by atoms with Gasteiger partial charge in [0.1, 0.15) is 0 Å². The van der Waals surface area contributed by atoms with Gasteiger partial charge in [0.2, 0.25) is 0 Å². The van der Waals surface area contributed by atoms with Gasteiger partial charge in [0.25, 0.3) is 0 Å². The van der Waals surface area contributed by atoms with Crippen LogP contribution < -0.4 is 5.73 Å². The number of aryl methyl sites for hydroxylation is 2. The van der Waals surface area contributed by atoms with E-state index in [-0.39, 0.29) is 18.2 Å². The number of hydrogen-bond acceptors (Lipinski definition) is 2. The Balaban J connectivity index is 0.00000112. The quantitative estimate of drug-likeness (QED) is 0.784. The minimum atomic E-state index is -0.394. The number of benzene rings is 1. The average Bonchev–Trinajstić information content (AvgIpc) is 2.62. The Morgan fingerprint density at radius 3 is 2.67 bits per heavy atom. The third-order valence-corrected chi connectivity index (χ3v) is 2.80. The number of nitrogens with two attached hydrogens (primary N) is 1. The summed E-state index contributed by atoms with van der Waals surface area (Å²) in [5.41, 5.74) is 9.05. The van der Waals surface area contributed by atoms with Crippen LogP contribution in [0.1, 0.15) is 34.8 Å². The summed E-state index contributed by atoms with van der Waals surface area (Å²) in [5.74, 6) is 0.0414. The summed E-state index contributed by atoms with van der Waals surface area (Å²) in [6.07, 6.45) is 3.47. The van der Waals surface area contributed by atoms with E-state index < -0.39 is 6.04 Å². The van der Waals surface area contributed by atoms with E-state index in [2.05, 4.69) is 6.07 Å². The molecule has 0 spiro atoms. The Morgan fingerprint density at radius 2 is 2.00 bits per heavy atom. The van der Waals surface area contributed by atoms with Crippen LogP contribution in [-0.2, 0) is 12.8 Å². The van der Waals surface area contributed by atoms with Gasteiger partial charge in [0.15, 0.2) is 5.78 Å². The lowest BCUT2D eigenvalue weighted by Gasteiger charge is -2.06. The van der Waals surface area contributed by atoms with Crippen molar-refractivity contribution >= 4 is 18.2 Å². The van der Waals surface area contributed by atoms with Gasteiger partial charge >= 0.3 is 0 Å². The van der Waals surface area contributed by atoms with Crippen LogP contribution in [0.15, 0.2) is 18.2 Å². The van der Waals surface area contributed by atoms with Crippen molar-refractivity contribution in [1.82, 2.24) is 0 Å². The summed E-state index contributed by atoms with van der Waals surface area (Å²) >= 11 is 0. The molecule has 1 unspecified atom stereocenters. The summed E-state index contributed by atoms with van der Waals surface area (Å²) in [5, 5.41) is 0. The van der Waals surface area contributed by atoms with Crippen LogP contribution in [0.4, 0.5) is 0 Å². The van der Waals surface area contributed by atoms with Crippen LogP contribution in [0, 0.1) is 0 Å². The first-order chi connectivity index (χ1) is 6.68. The van der Waals surface area contributed by atoms with Gasteiger partial charge in [0, 0.05) is 5.56 Å². The third kappa shape index (κ3) is 2.39. The first-order valence-electron chi connectivity index (χ1n) is 5.10. The third-order valence-electron chi connectivity index (χ3n) is 2.80. The van der Waals surface area contributed by atoms with E-state index in [4.69, 9.17) is 5.73 Å². The van der Waals surface area contributed by atoms with Crippen LogP contribution in [0.2, 0.25) is 0 Å². The summed E-state index contributed by atoms with van der Waals surface area (Å²) < 4.78 is 0. The zero-order valence-corrected chi connectivity index (χ0v) is 9.64. The Morgan fingerprint density at radius 1 is 1.33 bits per heavy atom. The van der Waals surface area contributed by atoms with E-state index in [0.717, 1.165) is 18.4 Å². The molecular weight excluding hydrogens is 210 g/mol. The second kappa shape index (κ2) is 4.77. The molecule has 2 N–H and O–H groups in total. The second-order valence-electron chi connectivity index (χ2n) is 3.99. The molecule has 1 aromatic carbocycles.